The van der Waals surface area contributed by atoms with E-state index in [-0.39, 0.29) is 5.54 Å². The minimum Gasteiger partial charge on any atom is -0.342 e. The highest BCUT2D eigenvalue weighted by atomic mass is 15.3. The maximum atomic E-state index is 5.11. The molecule has 140 valence electrons. The maximum absolute atomic E-state index is 5.11. The van der Waals surface area contributed by atoms with Gasteiger partial charge in [0, 0.05) is 37.4 Å². The van der Waals surface area contributed by atoms with E-state index in [2.05, 4.69) is 83.6 Å². The van der Waals surface area contributed by atoms with Crippen LogP contribution in [-0.2, 0) is 12.0 Å². The van der Waals surface area contributed by atoms with Crippen LogP contribution in [0.4, 0.5) is 0 Å². The summed E-state index contributed by atoms with van der Waals surface area (Å²) in [6.45, 7) is 8.63. The Morgan fingerprint density at radius 2 is 1.59 bits per heavy atom. The molecule has 0 spiro atoms. The monoisotopic (exact) mass is 360 g/mol. The summed E-state index contributed by atoms with van der Waals surface area (Å²) in [5, 5.41) is 3.48. The molecule has 0 bridgehead atoms. The van der Waals surface area contributed by atoms with Gasteiger partial charge in [0.05, 0.1) is 11.2 Å². The normalized spacial score (nSPS) is 17.6. The lowest BCUT2D eigenvalue weighted by Crippen LogP contribution is -2.54. The summed E-state index contributed by atoms with van der Waals surface area (Å²) in [5.41, 5.74) is 4.66. The Balaban J connectivity index is 1.75. The van der Waals surface area contributed by atoms with Gasteiger partial charge in [0.25, 0.3) is 0 Å². The molecule has 0 radical (unpaired) electrons. The topological polar surface area (TPSA) is 44.0 Å². The Labute approximate surface area is 161 Å². The first-order valence-corrected chi connectivity index (χ1v) is 9.79. The van der Waals surface area contributed by atoms with E-state index < -0.39 is 0 Å². The van der Waals surface area contributed by atoms with E-state index in [9.17, 15) is 0 Å². The Kier molecular flexibility index (Phi) is 5.10. The molecule has 1 unspecified atom stereocenters. The number of aromatic nitrogens is 2. The van der Waals surface area contributed by atoms with E-state index in [0.29, 0.717) is 0 Å². The minimum atomic E-state index is -0.142. The van der Waals surface area contributed by atoms with E-state index in [1.54, 1.807) is 0 Å². The third-order valence-corrected chi connectivity index (χ3v) is 5.65. The summed E-state index contributed by atoms with van der Waals surface area (Å²) >= 11 is 0. The molecule has 1 aliphatic heterocycles. The average Bonchev–Trinajstić information content (AvgIpc) is 3.12. The number of H-pyrrole nitrogens is 1. The van der Waals surface area contributed by atoms with Crippen molar-refractivity contribution >= 4 is 0 Å². The first-order chi connectivity index (χ1) is 13.2. The lowest BCUT2D eigenvalue weighted by molar-refractivity contribution is 0.0823. The van der Waals surface area contributed by atoms with Gasteiger partial charge in [0.2, 0.25) is 0 Å². The second-order valence-electron chi connectivity index (χ2n) is 7.60. The first-order valence-electron chi connectivity index (χ1n) is 9.79. The van der Waals surface area contributed by atoms with Gasteiger partial charge in [-0.2, -0.15) is 0 Å². The Morgan fingerprint density at radius 1 is 0.963 bits per heavy atom. The number of imidazole rings is 1. The number of hydrogen-bond donors (Lipinski definition) is 2. The van der Waals surface area contributed by atoms with Gasteiger partial charge in [-0.05, 0) is 25.8 Å². The van der Waals surface area contributed by atoms with Crippen LogP contribution in [0.25, 0.3) is 11.4 Å². The van der Waals surface area contributed by atoms with Crippen molar-refractivity contribution < 1.29 is 0 Å². The molecule has 0 saturated carbocycles. The van der Waals surface area contributed by atoms with Crippen LogP contribution >= 0.6 is 0 Å². The molecule has 4 rings (SSSR count). The molecule has 0 aliphatic carbocycles. The van der Waals surface area contributed by atoms with Gasteiger partial charge < -0.3 is 10.3 Å². The highest BCUT2D eigenvalue weighted by Crippen LogP contribution is 2.34. The number of hydrogen-bond acceptors (Lipinski definition) is 3. The van der Waals surface area contributed by atoms with Crippen molar-refractivity contribution in [1.29, 1.82) is 0 Å². The number of aryl methyl sites for hydroxylation is 1. The molecular formula is C23H28N4. The Bertz CT molecular complexity index is 866. The zero-order chi connectivity index (χ0) is 18.7. The zero-order valence-corrected chi connectivity index (χ0v) is 16.2. The van der Waals surface area contributed by atoms with Crippen LogP contribution in [0.3, 0.4) is 0 Å². The van der Waals surface area contributed by atoms with Crippen LogP contribution in [0.5, 0.6) is 0 Å². The summed E-state index contributed by atoms with van der Waals surface area (Å²) in [7, 11) is 0. The van der Waals surface area contributed by atoms with Crippen molar-refractivity contribution in [3.8, 4) is 11.4 Å². The Hall–Kier alpha value is -2.43. The predicted octanol–water partition coefficient (Wildman–Crippen LogP) is 3.75. The smallest absolute Gasteiger partial charge is 0.137 e. The van der Waals surface area contributed by atoms with E-state index in [1.165, 1.54) is 5.56 Å². The van der Waals surface area contributed by atoms with E-state index in [0.717, 1.165) is 55.4 Å². The number of nitrogens with one attached hydrogen (secondary N) is 2. The number of benzene rings is 2. The molecule has 1 saturated heterocycles. The molecule has 1 aromatic heterocycles. The molecule has 1 aliphatic rings. The second kappa shape index (κ2) is 7.67. The van der Waals surface area contributed by atoms with Crippen molar-refractivity contribution in [2.45, 2.75) is 25.8 Å². The van der Waals surface area contributed by atoms with Crippen LogP contribution in [0.1, 0.15) is 23.9 Å². The van der Waals surface area contributed by atoms with Crippen molar-refractivity contribution in [1.82, 2.24) is 20.2 Å². The SMILES string of the molecule is Cc1[nH]c(-c2ccccc2)nc1C(C)(Cc1ccccc1)N1CCNCC1. The summed E-state index contributed by atoms with van der Waals surface area (Å²) in [5.74, 6) is 0.956. The predicted molar refractivity (Wildman–Crippen MR) is 111 cm³/mol. The van der Waals surface area contributed by atoms with Crippen LogP contribution in [0.15, 0.2) is 60.7 Å². The lowest BCUT2D eigenvalue weighted by atomic mass is 9.86. The largest absolute Gasteiger partial charge is 0.342 e. The standard InChI is InChI=1S/C23H28N4/c1-18-21(26-22(25-18)20-11-7-4-8-12-20)23(2,27-15-13-24-14-16-27)17-19-9-5-3-6-10-19/h3-12,24H,13-17H2,1-2H3,(H,25,26). The van der Waals surface area contributed by atoms with Crippen LogP contribution in [-0.4, -0.2) is 41.0 Å². The van der Waals surface area contributed by atoms with Gasteiger partial charge in [0.15, 0.2) is 0 Å². The van der Waals surface area contributed by atoms with Gasteiger partial charge in [-0.1, -0.05) is 60.7 Å². The lowest BCUT2D eigenvalue weighted by Gasteiger charge is -2.43. The molecule has 1 atom stereocenters. The van der Waals surface area contributed by atoms with Gasteiger partial charge in [-0.3, -0.25) is 4.90 Å². The molecule has 1 fully saturated rings. The summed E-state index contributed by atoms with van der Waals surface area (Å²) < 4.78 is 0. The van der Waals surface area contributed by atoms with E-state index >= 15 is 0 Å². The van der Waals surface area contributed by atoms with E-state index in [4.69, 9.17) is 4.98 Å². The fourth-order valence-electron chi connectivity index (χ4n) is 4.21. The van der Waals surface area contributed by atoms with Gasteiger partial charge >= 0.3 is 0 Å². The van der Waals surface area contributed by atoms with Gasteiger partial charge in [0.1, 0.15) is 5.82 Å². The summed E-state index contributed by atoms with van der Waals surface area (Å²) in [4.78, 5) is 11.2. The summed E-state index contributed by atoms with van der Waals surface area (Å²) in [6, 6.07) is 21.2. The highest BCUT2D eigenvalue weighted by Gasteiger charge is 2.38. The molecular weight excluding hydrogens is 332 g/mol. The molecule has 3 aromatic rings. The fraction of sp³-hybridized carbons (Fsp3) is 0.348. The maximum Gasteiger partial charge on any atom is 0.137 e. The third kappa shape index (κ3) is 3.68. The minimum absolute atomic E-state index is 0.142. The van der Waals surface area contributed by atoms with Crippen molar-refractivity contribution in [2.24, 2.45) is 0 Å². The zero-order valence-electron chi connectivity index (χ0n) is 16.2. The molecule has 27 heavy (non-hydrogen) atoms. The molecule has 4 nitrogen and oxygen atoms in total. The number of rotatable bonds is 5. The second-order valence-corrected chi connectivity index (χ2v) is 7.60. The van der Waals surface area contributed by atoms with Crippen LogP contribution in [0.2, 0.25) is 0 Å². The van der Waals surface area contributed by atoms with Crippen molar-refractivity contribution in [2.75, 3.05) is 26.2 Å². The van der Waals surface area contributed by atoms with Crippen LogP contribution in [0, 0.1) is 6.92 Å². The van der Waals surface area contributed by atoms with Crippen molar-refractivity contribution in [3.63, 3.8) is 0 Å². The number of aromatic amines is 1. The quantitative estimate of drug-likeness (QED) is 0.728. The fourth-order valence-corrected chi connectivity index (χ4v) is 4.21. The molecule has 0 amide bonds. The first kappa shape index (κ1) is 18.0. The third-order valence-electron chi connectivity index (χ3n) is 5.65. The average molecular weight is 361 g/mol. The molecule has 2 heterocycles. The summed E-state index contributed by atoms with van der Waals surface area (Å²) in [6.07, 6.45) is 0.952. The molecule has 4 heteroatoms. The van der Waals surface area contributed by atoms with Gasteiger partial charge in [-0.25, -0.2) is 4.98 Å². The molecule has 2 N–H and O–H groups in total. The van der Waals surface area contributed by atoms with Crippen LogP contribution < -0.4 is 5.32 Å². The Morgan fingerprint density at radius 3 is 2.26 bits per heavy atom. The van der Waals surface area contributed by atoms with Gasteiger partial charge in [-0.15, -0.1) is 0 Å². The number of piperazine rings is 1. The van der Waals surface area contributed by atoms with Crippen molar-refractivity contribution in [3.05, 3.63) is 77.6 Å². The molecule has 2 aromatic carbocycles. The number of nitrogens with zero attached hydrogens (tertiary/aromatic N) is 2. The van der Waals surface area contributed by atoms with E-state index in [1.807, 2.05) is 6.07 Å². The highest BCUT2D eigenvalue weighted by molar-refractivity contribution is 5.56.